The summed E-state index contributed by atoms with van der Waals surface area (Å²) in [5, 5.41) is 14.6. The molecule has 4 N–H and O–H groups in total. The smallest absolute Gasteiger partial charge is 0.153 e. The predicted molar refractivity (Wildman–Crippen MR) is 132 cm³/mol. The van der Waals surface area contributed by atoms with Crippen LogP contribution >= 0.6 is 23.4 Å². The molecular weight excluding hydrogens is 460 g/mol. The van der Waals surface area contributed by atoms with Crippen LogP contribution in [0.4, 0.5) is 11.6 Å². The van der Waals surface area contributed by atoms with Crippen molar-refractivity contribution in [3.63, 3.8) is 0 Å². The quantitative estimate of drug-likeness (QED) is 0.556. The molecule has 2 aliphatic heterocycles. The van der Waals surface area contributed by atoms with E-state index in [1.165, 1.54) is 11.8 Å². The lowest BCUT2D eigenvalue weighted by Gasteiger charge is -2.42. The van der Waals surface area contributed by atoms with Gasteiger partial charge >= 0.3 is 0 Å². The lowest BCUT2D eigenvalue weighted by atomic mass is 9.73. The van der Waals surface area contributed by atoms with Crippen molar-refractivity contribution in [2.24, 2.45) is 11.1 Å². The molecule has 33 heavy (non-hydrogen) atoms. The van der Waals surface area contributed by atoms with Gasteiger partial charge in [-0.3, -0.25) is 0 Å². The molecule has 8 nitrogen and oxygen atoms in total. The molecule has 2 saturated heterocycles. The Morgan fingerprint density at radius 3 is 2.70 bits per heavy atom. The van der Waals surface area contributed by atoms with Crippen LogP contribution < -0.4 is 16.0 Å². The van der Waals surface area contributed by atoms with Crippen molar-refractivity contribution in [1.29, 1.82) is 0 Å². The minimum Gasteiger partial charge on any atom is -0.390 e. The third kappa shape index (κ3) is 4.93. The summed E-state index contributed by atoms with van der Waals surface area (Å²) in [6.45, 7) is 10.2. The first kappa shape index (κ1) is 24.5. The summed E-state index contributed by atoms with van der Waals surface area (Å²) in [4.78, 5) is 17.0. The van der Waals surface area contributed by atoms with Crippen LogP contribution in [0.15, 0.2) is 22.2 Å². The van der Waals surface area contributed by atoms with Crippen molar-refractivity contribution in [2.45, 2.75) is 75.3 Å². The predicted octanol–water partition coefficient (Wildman–Crippen LogP) is 3.63. The summed E-state index contributed by atoms with van der Waals surface area (Å²) in [6, 6.07) is 2.14. The van der Waals surface area contributed by atoms with Crippen LogP contribution in [0.2, 0.25) is 5.02 Å². The maximum Gasteiger partial charge on any atom is 0.153 e. The molecule has 4 rings (SSSR count). The number of aromatic nitrogens is 3. The van der Waals surface area contributed by atoms with Gasteiger partial charge in [0.1, 0.15) is 16.5 Å². The summed E-state index contributed by atoms with van der Waals surface area (Å²) < 4.78 is 5.84. The fourth-order valence-electron chi connectivity index (χ4n) is 4.60. The Morgan fingerprint density at radius 2 is 2.09 bits per heavy atom. The molecule has 2 aromatic rings. The highest BCUT2D eigenvalue weighted by Gasteiger charge is 2.47. The Hall–Kier alpha value is -1.65. The van der Waals surface area contributed by atoms with Gasteiger partial charge in [-0.05, 0) is 46.6 Å². The number of aliphatic hydroxyl groups excluding tert-OH is 1. The van der Waals surface area contributed by atoms with E-state index in [1.807, 2.05) is 26.8 Å². The van der Waals surface area contributed by atoms with Gasteiger partial charge in [0, 0.05) is 41.7 Å². The minimum absolute atomic E-state index is 0.0351. The third-order valence-corrected chi connectivity index (χ3v) is 8.25. The molecule has 0 bridgehead atoms. The van der Waals surface area contributed by atoms with Crippen LogP contribution in [0.1, 0.15) is 45.0 Å². The normalized spacial score (nSPS) is 22.4. The van der Waals surface area contributed by atoms with E-state index in [4.69, 9.17) is 32.0 Å². The molecule has 10 heteroatoms. The van der Waals surface area contributed by atoms with E-state index in [9.17, 15) is 5.11 Å². The number of ether oxygens (including phenoxy) is 1. The van der Waals surface area contributed by atoms with E-state index in [-0.39, 0.29) is 30.2 Å². The van der Waals surface area contributed by atoms with Gasteiger partial charge in [0.05, 0.1) is 30.0 Å². The number of nitrogens with zero attached hydrogens (tertiary/aromatic N) is 4. The van der Waals surface area contributed by atoms with Crippen molar-refractivity contribution < 1.29 is 9.84 Å². The molecule has 2 fully saturated rings. The highest BCUT2D eigenvalue weighted by molar-refractivity contribution is 7.99. The van der Waals surface area contributed by atoms with E-state index in [2.05, 4.69) is 22.1 Å². The number of nitrogens with two attached hydrogens (primary N) is 1. The van der Waals surface area contributed by atoms with Crippen LogP contribution in [0, 0.1) is 12.3 Å². The summed E-state index contributed by atoms with van der Waals surface area (Å²) >= 11 is 8.03. The first-order chi connectivity index (χ1) is 15.7. The van der Waals surface area contributed by atoms with Crippen LogP contribution in [0.25, 0.3) is 0 Å². The van der Waals surface area contributed by atoms with E-state index >= 15 is 0 Å². The van der Waals surface area contributed by atoms with Crippen molar-refractivity contribution >= 4 is 35.0 Å². The molecular formula is C23H33ClN6O2S. The molecule has 2 aromatic heterocycles. The molecule has 1 spiro atoms. The van der Waals surface area contributed by atoms with Crippen molar-refractivity contribution in [1.82, 2.24) is 15.0 Å². The molecule has 0 saturated carbocycles. The molecule has 2 atom stereocenters. The standard InChI is InChI=1S/C23H33ClN6O2S/c1-13(2)27-20-18(24)17(5-8-26-20)33-22-14(3)28-21(16(11-31)29-22)30-9-6-23(7-10-30)12-32-15(4)19(23)25/h5,8,13,15,19,31H,6-7,9-12,25H2,1-4H3,(H,26,27)/t15-,19+/m0/s1. The molecule has 0 unspecified atom stereocenters. The largest absolute Gasteiger partial charge is 0.390 e. The Kier molecular flexibility index (Phi) is 7.35. The highest BCUT2D eigenvalue weighted by atomic mass is 35.5. The molecule has 2 aliphatic rings. The van der Waals surface area contributed by atoms with Crippen LogP contribution in [0.3, 0.4) is 0 Å². The summed E-state index contributed by atoms with van der Waals surface area (Å²) in [6.07, 6.45) is 3.71. The average molecular weight is 493 g/mol. The van der Waals surface area contributed by atoms with Crippen LogP contribution in [0.5, 0.6) is 0 Å². The van der Waals surface area contributed by atoms with Gasteiger partial charge in [0.25, 0.3) is 0 Å². The number of rotatable bonds is 6. The number of halogens is 1. The monoisotopic (exact) mass is 492 g/mol. The number of hydrogen-bond acceptors (Lipinski definition) is 9. The summed E-state index contributed by atoms with van der Waals surface area (Å²) in [5.74, 6) is 1.39. The van der Waals surface area contributed by atoms with Gasteiger partial charge in [0.2, 0.25) is 0 Å². The zero-order chi connectivity index (χ0) is 23.8. The number of anilines is 2. The van der Waals surface area contributed by atoms with E-state index in [0.717, 1.165) is 54.0 Å². The van der Waals surface area contributed by atoms with Gasteiger partial charge < -0.3 is 25.8 Å². The number of pyridine rings is 1. The molecule has 0 aliphatic carbocycles. The molecule has 0 radical (unpaired) electrons. The summed E-state index contributed by atoms with van der Waals surface area (Å²) in [5.41, 5.74) is 7.87. The number of piperidine rings is 1. The fourth-order valence-corrected chi connectivity index (χ4v) is 5.76. The van der Waals surface area contributed by atoms with Gasteiger partial charge in [-0.2, -0.15) is 0 Å². The fraction of sp³-hybridized carbons (Fsp3) is 0.609. The Labute approximate surface area is 204 Å². The second-order valence-electron chi connectivity index (χ2n) is 9.31. The van der Waals surface area contributed by atoms with Gasteiger partial charge in [-0.25, -0.2) is 15.0 Å². The summed E-state index contributed by atoms with van der Waals surface area (Å²) in [7, 11) is 0. The lowest BCUT2D eigenvalue weighted by molar-refractivity contribution is 0.0973. The number of aliphatic hydroxyl groups is 1. The zero-order valence-electron chi connectivity index (χ0n) is 19.6. The number of nitrogens with one attached hydrogen (secondary N) is 1. The van der Waals surface area contributed by atoms with E-state index in [1.54, 1.807) is 6.20 Å². The van der Waals surface area contributed by atoms with E-state index < -0.39 is 0 Å². The second-order valence-corrected chi connectivity index (χ2v) is 10.7. The topological polar surface area (TPSA) is 109 Å². The Morgan fingerprint density at radius 1 is 1.36 bits per heavy atom. The Bertz CT molecular complexity index is 999. The molecule has 4 heterocycles. The van der Waals surface area contributed by atoms with Gasteiger partial charge in [-0.15, -0.1) is 0 Å². The lowest BCUT2D eigenvalue weighted by Crippen LogP contribution is -2.51. The van der Waals surface area contributed by atoms with Gasteiger partial charge in [0.15, 0.2) is 5.82 Å². The third-order valence-electron chi connectivity index (χ3n) is 6.62. The van der Waals surface area contributed by atoms with Crippen LogP contribution in [-0.4, -0.2) is 57.9 Å². The zero-order valence-corrected chi connectivity index (χ0v) is 21.2. The van der Waals surface area contributed by atoms with E-state index in [0.29, 0.717) is 16.5 Å². The Balaban J connectivity index is 1.54. The molecule has 0 aromatic carbocycles. The van der Waals surface area contributed by atoms with Gasteiger partial charge in [-0.1, -0.05) is 23.4 Å². The van der Waals surface area contributed by atoms with Crippen molar-refractivity contribution in [3.05, 3.63) is 28.7 Å². The second kappa shape index (κ2) is 9.92. The SMILES string of the molecule is Cc1nc(N2CCC3(CC2)CO[C@@H](C)[C@H]3N)c(CO)nc1Sc1ccnc(NC(C)C)c1Cl. The van der Waals surface area contributed by atoms with Crippen molar-refractivity contribution in [3.8, 4) is 0 Å². The van der Waals surface area contributed by atoms with Crippen molar-refractivity contribution in [2.75, 3.05) is 29.9 Å². The minimum atomic E-state index is -0.179. The van der Waals surface area contributed by atoms with Crippen LogP contribution in [-0.2, 0) is 11.3 Å². The first-order valence-electron chi connectivity index (χ1n) is 11.4. The highest BCUT2D eigenvalue weighted by Crippen LogP contribution is 2.43. The molecule has 180 valence electrons. The molecule has 0 amide bonds. The first-order valence-corrected chi connectivity index (χ1v) is 12.6. The number of hydrogen-bond donors (Lipinski definition) is 3. The average Bonchev–Trinajstić information content (AvgIpc) is 3.06. The number of aryl methyl sites for hydroxylation is 1. The maximum atomic E-state index is 10.1. The maximum absolute atomic E-state index is 10.1.